The lowest BCUT2D eigenvalue weighted by Crippen LogP contribution is -2.37. The number of nitrogens with zero attached hydrogens (tertiary/aromatic N) is 1. The van der Waals surface area contributed by atoms with Gasteiger partial charge in [-0.05, 0) is 24.6 Å². The minimum Gasteiger partial charge on any atom is -0.465 e. The summed E-state index contributed by atoms with van der Waals surface area (Å²) in [5.41, 5.74) is 1.73. The van der Waals surface area contributed by atoms with E-state index in [1.165, 1.54) is 13.5 Å². The van der Waals surface area contributed by atoms with Gasteiger partial charge in [0.15, 0.2) is 0 Å². The fourth-order valence-electron chi connectivity index (χ4n) is 1.52. The third-order valence-corrected chi connectivity index (χ3v) is 2.49. The molecule has 0 unspecified atom stereocenters. The van der Waals surface area contributed by atoms with Gasteiger partial charge in [0.05, 0.1) is 12.7 Å². The molecule has 0 saturated carbocycles. The van der Waals surface area contributed by atoms with Gasteiger partial charge in [0.25, 0.3) is 0 Å². The first-order valence-electron chi connectivity index (χ1n) is 4.74. The zero-order chi connectivity index (χ0) is 9.97. The lowest BCUT2D eigenvalue weighted by molar-refractivity contribution is 0.0601. The van der Waals surface area contributed by atoms with Gasteiger partial charge in [0.2, 0.25) is 0 Å². The molecular formula is C11H13NO2. The summed E-state index contributed by atoms with van der Waals surface area (Å²) >= 11 is 0. The maximum absolute atomic E-state index is 11.3. The molecule has 1 aromatic rings. The van der Waals surface area contributed by atoms with Crippen LogP contribution in [0.15, 0.2) is 24.3 Å². The van der Waals surface area contributed by atoms with Crippen molar-refractivity contribution >= 4 is 11.7 Å². The van der Waals surface area contributed by atoms with E-state index in [9.17, 15) is 4.79 Å². The molecule has 3 heteroatoms. The number of rotatable bonds is 2. The number of hydrogen-bond acceptors (Lipinski definition) is 3. The fourth-order valence-corrected chi connectivity index (χ4v) is 1.52. The molecule has 0 N–H and O–H groups in total. The van der Waals surface area contributed by atoms with Crippen LogP contribution in [0.3, 0.4) is 0 Å². The summed E-state index contributed by atoms with van der Waals surface area (Å²) in [4.78, 5) is 13.5. The molecule has 0 atom stereocenters. The van der Waals surface area contributed by atoms with Gasteiger partial charge >= 0.3 is 5.97 Å². The van der Waals surface area contributed by atoms with E-state index in [0.29, 0.717) is 5.56 Å². The van der Waals surface area contributed by atoms with Gasteiger partial charge in [-0.15, -0.1) is 0 Å². The van der Waals surface area contributed by atoms with Crippen molar-refractivity contribution in [2.45, 2.75) is 6.42 Å². The third kappa shape index (κ3) is 1.58. The highest BCUT2D eigenvalue weighted by atomic mass is 16.5. The van der Waals surface area contributed by atoms with E-state index in [2.05, 4.69) is 9.64 Å². The van der Waals surface area contributed by atoms with E-state index in [0.717, 1.165) is 18.8 Å². The number of methoxy groups -OCH3 is 1. The molecule has 0 spiro atoms. The van der Waals surface area contributed by atoms with Gasteiger partial charge in [-0.2, -0.15) is 0 Å². The van der Waals surface area contributed by atoms with E-state index in [1.807, 2.05) is 18.2 Å². The average Bonchev–Trinajstić information content (AvgIpc) is 2.14. The molecule has 0 aromatic heterocycles. The van der Waals surface area contributed by atoms with Gasteiger partial charge in [-0.3, -0.25) is 0 Å². The first-order valence-corrected chi connectivity index (χ1v) is 4.74. The number of anilines is 1. The molecule has 1 heterocycles. The minimum atomic E-state index is -0.271. The van der Waals surface area contributed by atoms with Gasteiger partial charge in [-0.1, -0.05) is 6.07 Å². The predicted molar refractivity (Wildman–Crippen MR) is 54.6 cm³/mol. The monoisotopic (exact) mass is 191 g/mol. The Morgan fingerprint density at radius 3 is 2.79 bits per heavy atom. The number of carbonyl (C=O) groups is 1. The Labute approximate surface area is 83.3 Å². The second-order valence-corrected chi connectivity index (χ2v) is 3.38. The Morgan fingerprint density at radius 2 is 2.21 bits per heavy atom. The smallest absolute Gasteiger partial charge is 0.337 e. The van der Waals surface area contributed by atoms with Crippen LogP contribution in [-0.4, -0.2) is 26.2 Å². The van der Waals surface area contributed by atoms with Crippen molar-refractivity contribution in [1.29, 1.82) is 0 Å². The van der Waals surface area contributed by atoms with Crippen LogP contribution in [0, 0.1) is 0 Å². The zero-order valence-electron chi connectivity index (χ0n) is 8.19. The summed E-state index contributed by atoms with van der Waals surface area (Å²) in [6.07, 6.45) is 1.24. The van der Waals surface area contributed by atoms with Crippen LogP contribution in [0.1, 0.15) is 16.8 Å². The van der Waals surface area contributed by atoms with Crippen molar-refractivity contribution in [3.63, 3.8) is 0 Å². The first-order chi connectivity index (χ1) is 6.81. The molecule has 14 heavy (non-hydrogen) atoms. The van der Waals surface area contributed by atoms with Crippen molar-refractivity contribution in [1.82, 2.24) is 0 Å². The van der Waals surface area contributed by atoms with Crippen LogP contribution >= 0.6 is 0 Å². The Balaban J connectivity index is 2.21. The zero-order valence-corrected chi connectivity index (χ0v) is 8.19. The summed E-state index contributed by atoms with van der Waals surface area (Å²) < 4.78 is 4.67. The van der Waals surface area contributed by atoms with Gasteiger partial charge in [0, 0.05) is 18.8 Å². The largest absolute Gasteiger partial charge is 0.465 e. The van der Waals surface area contributed by atoms with E-state index in [1.54, 1.807) is 6.07 Å². The van der Waals surface area contributed by atoms with Gasteiger partial charge in [-0.25, -0.2) is 4.79 Å². The number of carbonyl (C=O) groups excluding carboxylic acids is 1. The Kier molecular flexibility index (Phi) is 2.39. The summed E-state index contributed by atoms with van der Waals surface area (Å²) in [5.74, 6) is -0.271. The van der Waals surface area contributed by atoms with Crippen molar-refractivity contribution in [3.05, 3.63) is 29.8 Å². The highest BCUT2D eigenvalue weighted by Crippen LogP contribution is 2.21. The highest BCUT2D eigenvalue weighted by molar-refractivity contribution is 5.90. The second kappa shape index (κ2) is 3.70. The average molecular weight is 191 g/mol. The molecule has 1 aliphatic heterocycles. The third-order valence-electron chi connectivity index (χ3n) is 2.49. The summed E-state index contributed by atoms with van der Waals surface area (Å²) in [5, 5.41) is 0. The Bertz CT molecular complexity index is 345. The second-order valence-electron chi connectivity index (χ2n) is 3.38. The molecule has 1 saturated heterocycles. The van der Waals surface area contributed by atoms with Gasteiger partial charge < -0.3 is 9.64 Å². The number of esters is 1. The molecule has 1 aliphatic rings. The minimum absolute atomic E-state index is 0.271. The van der Waals surface area contributed by atoms with Crippen molar-refractivity contribution in [3.8, 4) is 0 Å². The Hall–Kier alpha value is -1.51. The lowest BCUT2D eigenvalue weighted by atomic mass is 10.1. The van der Waals surface area contributed by atoms with Crippen LogP contribution in [-0.2, 0) is 4.74 Å². The van der Waals surface area contributed by atoms with Crippen LogP contribution in [0.5, 0.6) is 0 Å². The highest BCUT2D eigenvalue weighted by Gasteiger charge is 2.15. The molecular weight excluding hydrogens is 178 g/mol. The molecule has 3 nitrogen and oxygen atoms in total. The topological polar surface area (TPSA) is 29.5 Å². The van der Waals surface area contributed by atoms with Crippen molar-refractivity contribution in [2.24, 2.45) is 0 Å². The molecule has 0 amide bonds. The van der Waals surface area contributed by atoms with E-state index in [-0.39, 0.29) is 5.97 Å². The lowest BCUT2D eigenvalue weighted by Gasteiger charge is -2.33. The van der Waals surface area contributed by atoms with E-state index in [4.69, 9.17) is 0 Å². The van der Waals surface area contributed by atoms with Crippen LogP contribution in [0.4, 0.5) is 5.69 Å². The predicted octanol–water partition coefficient (Wildman–Crippen LogP) is 1.68. The summed E-state index contributed by atoms with van der Waals surface area (Å²) in [6.45, 7) is 2.18. The Morgan fingerprint density at radius 1 is 1.43 bits per heavy atom. The number of hydrogen-bond donors (Lipinski definition) is 0. The van der Waals surface area contributed by atoms with Crippen LogP contribution in [0.25, 0.3) is 0 Å². The normalized spacial score (nSPS) is 14.8. The number of ether oxygens (including phenoxy) is 1. The van der Waals surface area contributed by atoms with Crippen molar-refractivity contribution < 1.29 is 9.53 Å². The molecule has 2 rings (SSSR count). The molecule has 74 valence electrons. The van der Waals surface area contributed by atoms with Gasteiger partial charge in [0.1, 0.15) is 0 Å². The van der Waals surface area contributed by atoms with E-state index >= 15 is 0 Å². The van der Waals surface area contributed by atoms with E-state index < -0.39 is 0 Å². The van der Waals surface area contributed by atoms with Crippen LogP contribution < -0.4 is 4.90 Å². The fraction of sp³-hybridized carbons (Fsp3) is 0.364. The molecule has 0 bridgehead atoms. The quantitative estimate of drug-likeness (QED) is 0.666. The van der Waals surface area contributed by atoms with Crippen molar-refractivity contribution in [2.75, 3.05) is 25.1 Å². The number of benzene rings is 1. The SMILES string of the molecule is COC(=O)c1cccc(N2CCC2)c1. The molecule has 0 radical (unpaired) electrons. The standard InChI is InChI=1S/C11H13NO2/c1-14-11(13)9-4-2-5-10(8-9)12-6-3-7-12/h2,4-5,8H,3,6-7H2,1H3. The molecule has 0 aliphatic carbocycles. The van der Waals surface area contributed by atoms with Crippen LogP contribution in [0.2, 0.25) is 0 Å². The molecule has 1 fully saturated rings. The molecule has 1 aromatic carbocycles. The first kappa shape index (κ1) is 9.06. The summed E-state index contributed by atoms with van der Waals surface area (Å²) in [7, 11) is 1.40. The maximum Gasteiger partial charge on any atom is 0.337 e. The maximum atomic E-state index is 11.3. The summed E-state index contributed by atoms with van der Waals surface area (Å²) in [6, 6.07) is 7.56.